The normalized spacial score (nSPS) is 14.5. The number of nitrogens with one attached hydrogen (secondary N) is 1. The Kier molecular flexibility index (Phi) is 5.47. The van der Waals surface area contributed by atoms with E-state index in [1.54, 1.807) is 29.1 Å². The number of carboxylic acid groups (broad SMARTS) is 1. The van der Waals surface area contributed by atoms with Gasteiger partial charge in [0.05, 0.1) is 11.3 Å². The van der Waals surface area contributed by atoms with Gasteiger partial charge in [-0.1, -0.05) is 42.5 Å². The molecular formula is C22H14N6O3S2. The first-order valence-corrected chi connectivity index (χ1v) is 11.4. The van der Waals surface area contributed by atoms with Crippen molar-refractivity contribution in [3.8, 4) is 11.3 Å². The van der Waals surface area contributed by atoms with E-state index in [1.165, 1.54) is 39.8 Å². The van der Waals surface area contributed by atoms with Crippen LogP contribution in [0.5, 0.6) is 0 Å². The van der Waals surface area contributed by atoms with Crippen molar-refractivity contribution in [2.24, 2.45) is 10.2 Å². The van der Waals surface area contributed by atoms with Gasteiger partial charge in [-0.2, -0.15) is 15.2 Å². The first-order valence-electron chi connectivity index (χ1n) is 9.61. The zero-order valence-corrected chi connectivity index (χ0v) is 18.4. The highest BCUT2D eigenvalue weighted by atomic mass is 32.1. The van der Waals surface area contributed by atoms with Crippen molar-refractivity contribution in [3.05, 3.63) is 82.7 Å². The van der Waals surface area contributed by atoms with E-state index in [0.29, 0.717) is 21.7 Å². The number of amides is 1. The van der Waals surface area contributed by atoms with Crippen LogP contribution >= 0.6 is 22.7 Å². The summed E-state index contributed by atoms with van der Waals surface area (Å²) in [6, 6.07) is 15.7. The van der Waals surface area contributed by atoms with Crippen LogP contribution < -0.4 is 10.4 Å². The molecule has 11 heteroatoms. The van der Waals surface area contributed by atoms with Gasteiger partial charge in [0.15, 0.2) is 5.71 Å². The van der Waals surface area contributed by atoms with Gasteiger partial charge in [-0.25, -0.2) is 14.8 Å². The molecule has 2 N–H and O–H groups in total. The molecule has 0 unspecified atom stereocenters. The van der Waals surface area contributed by atoms with Gasteiger partial charge in [0.1, 0.15) is 5.71 Å². The maximum atomic E-state index is 13.2. The van der Waals surface area contributed by atoms with Crippen LogP contribution in [-0.2, 0) is 4.79 Å². The van der Waals surface area contributed by atoms with Crippen LogP contribution in [0.1, 0.15) is 15.9 Å². The molecule has 1 aliphatic heterocycles. The second kappa shape index (κ2) is 8.73. The number of carbonyl (C=O) groups excluding carboxylic acids is 1. The molecule has 0 atom stereocenters. The second-order valence-corrected chi connectivity index (χ2v) is 8.47. The Morgan fingerprint density at radius 3 is 2.52 bits per heavy atom. The Bertz CT molecular complexity index is 1380. The molecule has 9 nitrogen and oxygen atoms in total. The van der Waals surface area contributed by atoms with E-state index in [2.05, 4.69) is 25.6 Å². The average molecular weight is 475 g/mol. The number of benzene rings is 2. The van der Waals surface area contributed by atoms with Gasteiger partial charge in [0.25, 0.3) is 0 Å². The lowest BCUT2D eigenvalue weighted by Gasteiger charge is -2.06. The molecule has 3 heterocycles. The third-order valence-corrected chi connectivity index (χ3v) is 6.16. The molecule has 0 aliphatic carbocycles. The number of thiazole rings is 2. The van der Waals surface area contributed by atoms with Gasteiger partial charge in [-0.05, 0) is 12.1 Å². The lowest BCUT2D eigenvalue weighted by molar-refractivity contribution is -0.112. The Morgan fingerprint density at radius 2 is 1.82 bits per heavy atom. The molecule has 2 aromatic heterocycles. The highest BCUT2D eigenvalue weighted by Gasteiger charge is 2.35. The standard InChI is InChI=1S/C22H14N6O3S2/c29-19-18(25-26-21-23-10-11-32-21)17(14-4-2-1-3-5-14)27-28(19)22-24-16(12-33-22)13-6-8-15(9-7-13)20(30)31/h1-12H,(H,23,26)(H,30,31)/b25-18+. The van der Waals surface area contributed by atoms with Crippen LogP contribution in [0.3, 0.4) is 0 Å². The van der Waals surface area contributed by atoms with E-state index >= 15 is 0 Å². The smallest absolute Gasteiger partial charge is 0.335 e. The van der Waals surface area contributed by atoms with E-state index in [0.717, 1.165) is 11.1 Å². The minimum atomic E-state index is -0.996. The summed E-state index contributed by atoms with van der Waals surface area (Å²) in [5.41, 5.74) is 5.68. The molecule has 0 fully saturated rings. The molecule has 0 radical (unpaired) electrons. The third-order valence-electron chi connectivity index (χ3n) is 4.66. The van der Waals surface area contributed by atoms with Gasteiger partial charge in [0, 0.05) is 28.1 Å². The average Bonchev–Trinajstić information content (AvgIpc) is 3.59. The quantitative estimate of drug-likeness (QED) is 0.405. The fourth-order valence-corrected chi connectivity index (χ4v) is 4.33. The maximum absolute atomic E-state index is 13.2. The van der Waals surface area contributed by atoms with Crippen LogP contribution in [0.2, 0.25) is 0 Å². The van der Waals surface area contributed by atoms with Crippen LogP contribution in [0.15, 0.2) is 81.8 Å². The van der Waals surface area contributed by atoms with E-state index in [1.807, 2.05) is 30.3 Å². The number of hydrazone groups is 2. The topological polar surface area (TPSA) is 120 Å². The number of aromatic nitrogens is 2. The molecule has 162 valence electrons. The maximum Gasteiger partial charge on any atom is 0.335 e. The first kappa shape index (κ1) is 20.7. The molecule has 0 saturated heterocycles. The van der Waals surface area contributed by atoms with Gasteiger partial charge in [-0.15, -0.1) is 22.7 Å². The van der Waals surface area contributed by atoms with Crippen molar-refractivity contribution in [1.29, 1.82) is 0 Å². The number of nitrogens with zero attached hydrogens (tertiary/aromatic N) is 5. The number of hydrogen-bond acceptors (Lipinski definition) is 9. The van der Waals surface area contributed by atoms with Crippen molar-refractivity contribution >= 4 is 56.2 Å². The largest absolute Gasteiger partial charge is 0.478 e. The van der Waals surface area contributed by atoms with Gasteiger partial charge in [-0.3, -0.25) is 10.2 Å². The molecular weight excluding hydrogens is 460 g/mol. The Hall–Kier alpha value is -4.22. The molecule has 2 aromatic carbocycles. The number of aromatic carboxylic acids is 1. The highest BCUT2D eigenvalue weighted by Crippen LogP contribution is 2.30. The summed E-state index contributed by atoms with van der Waals surface area (Å²) < 4.78 is 0. The predicted octanol–water partition coefficient (Wildman–Crippen LogP) is 4.18. The zero-order valence-electron chi connectivity index (χ0n) is 16.7. The monoisotopic (exact) mass is 474 g/mol. The molecule has 33 heavy (non-hydrogen) atoms. The van der Waals surface area contributed by atoms with Crippen molar-refractivity contribution < 1.29 is 14.7 Å². The number of carbonyl (C=O) groups is 2. The van der Waals surface area contributed by atoms with Crippen LogP contribution in [-0.4, -0.2) is 38.4 Å². The van der Waals surface area contributed by atoms with Crippen molar-refractivity contribution in [2.45, 2.75) is 0 Å². The van der Waals surface area contributed by atoms with E-state index in [4.69, 9.17) is 5.11 Å². The van der Waals surface area contributed by atoms with Crippen LogP contribution in [0.4, 0.5) is 10.3 Å². The lowest BCUT2D eigenvalue weighted by atomic mass is 10.1. The fraction of sp³-hybridized carbons (Fsp3) is 0. The summed E-state index contributed by atoms with van der Waals surface area (Å²) in [7, 11) is 0. The fourth-order valence-electron chi connectivity index (χ4n) is 3.08. The molecule has 0 bridgehead atoms. The van der Waals surface area contributed by atoms with Crippen molar-refractivity contribution in [2.75, 3.05) is 10.4 Å². The molecule has 4 aromatic rings. The Balaban J connectivity index is 1.48. The summed E-state index contributed by atoms with van der Waals surface area (Å²) in [5.74, 6) is -1.41. The first-order chi connectivity index (χ1) is 16.1. The minimum Gasteiger partial charge on any atom is -0.478 e. The van der Waals surface area contributed by atoms with Crippen molar-refractivity contribution in [1.82, 2.24) is 9.97 Å². The highest BCUT2D eigenvalue weighted by molar-refractivity contribution is 7.14. The Morgan fingerprint density at radius 1 is 1.03 bits per heavy atom. The SMILES string of the molecule is O=C(O)c1ccc(-c2csc(N3N=C(c4ccccc4)/C(=N\Nc4nccs4)C3=O)n2)cc1. The molecule has 5 rings (SSSR count). The van der Waals surface area contributed by atoms with Gasteiger partial charge >= 0.3 is 11.9 Å². The molecule has 1 aliphatic rings. The molecule has 0 spiro atoms. The van der Waals surface area contributed by atoms with E-state index in [-0.39, 0.29) is 11.3 Å². The second-order valence-electron chi connectivity index (χ2n) is 6.74. The summed E-state index contributed by atoms with van der Waals surface area (Å²) in [4.78, 5) is 33.0. The minimum absolute atomic E-state index is 0.152. The number of rotatable bonds is 6. The summed E-state index contributed by atoms with van der Waals surface area (Å²) in [6.45, 7) is 0. The van der Waals surface area contributed by atoms with E-state index < -0.39 is 11.9 Å². The van der Waals surface area contributed by atoms with Crippen LogP contribution in [0.25, 0.3) is 11.3 Å². The number of hydrogen-bond donors (Lipinski definition) is 2. The predicted molar refractivity (Wildman–Crippen MR) is 128 cm³/mol. The summed E-state index contributed by atoms with van der Waals surface area (Å²) >= 11 is 2.62. The third kappa shape index (κ3) is 4.14. The summed E-state index contributed by atoms with van der Waals surface area (Å²) in [6.07, 6.45) is 1.64. The lowest BCUT2D eigenvalue weighted by Crippen LogP contribution is -2.28. The van der Waals surface area contributed by atoms with Gasteiger partial charge in [0.2, 0.25) is 10.3 Å². The number of carboxylic acids is 1. The Labute approximate surface area is 195 Å². The van der Waals surface area contributed by atoms with Crippen LogP contribution in [0, 0.1) is 0 Å². The van der Waals surface area contributed by atoms with Crippen molar-refractivity contribution in [3.63, 3.8) is 0 Å². The van der Waals surface area contributed by atoms with E-state index in [9.17, 15) is 9.59 Å². The zero-order chi connectivity index (χ0) is 22.8. The molecule has 1 amide bonds. The molecule has 0 saturated carbocycles. The van der Waals surface area contributed by atoms with Gasteiger partial charge < -0.3 is 5.11 Å². The number of anilines is 2. The summed E-state index contributed by atoms with van der Waals surface area (Å²) in [5, 5.41) is 23.6.